The van der Waals surface area contributed by atoms with Crippen molar-refractivity contribution in [1.82, 2.24) is 19.0 Å². The van der Waals surface area contributed by atoms with E-state index in [1.807, 2.05) is 37.2 Å². The second kappa shape index (κ2) is 6.55. The molecule has 0 unspecified atom stereocenters. The zero-order valence-corrected chi connectivity index (χ0v) is 11.8. The molecule has 2 rings (SSSR count). The fourth-order valence-electron chi connectivity index (χ4n) is 1.72. The summed E-state index contributed by atoms with van der Waals surface area (Å²) in [6.45, 7) is 2.04. The third-order valence-corrected chi connectivity index (χ3v) is 3.26. The minimum Gasteiger partial charge on any atom is -0.323 e. The van der Waals surface area contributed by atoms with Gasteiger partial charge in [0.2, 0.25) is 5.91 Å². The Labute approximate surface area is 116 Å². The van der Waals surface area contributed by atoms with E-state index in [0.29, 0.717) is 6.54 Å². The fraction of sp³-hybridized carbons (Fsp3) is 0.417. The summed E-state index contributed by atoms with van der Waals surface area (Å²) in [6, 6.07) is 5.59. The second-order valence-corrected chi connectivity index (χ2v) is 4.86. The van der Waals surface area contributed by atoms with Crippen LogP contribution in [-0.2, 0) is 4.79 Å². The lowest BCUT2D eigenvalue weighted by atomic mass is 10.2. The molecule has 0 saturated carbocycles. The first-order chi connectivity index (χ1) is 9.20. The maximum Gasteiger partial charge on any atom is 0.238 e. The molecule has 0 aliphatic rings. The number of hydrogen-bond acceptors (Lipinski definition) is 6. The molecule has 102 valence electrons. The van der Waals surface area contributed by atoms with Crippen LogP contribution in [0.3, 0.4) is 0 Å². The summed E-state index contributed by atoms with van der Waals surface area (Å²) in [5.74, 6) is -0.0425. The smallest absolute Gasteiger partial charge is 0.238 e. The Morgan fingerprint density at radius 2 is 2.26 bits per heavy atom. The van der Waals surface area contributed by atoms with Crippen LogP contribution in [0.4, 0.5) is 5.69 Å². The Balaban J connectivity index is 1.97. The summed E-state index contributed by atoms with van der Waals surface area (Å²) in [7, 11) is 3.81. The van der Waals surface area contributed by atoms with E-state index < -0.39 is 0 Å². The average Bonchev–Trinajstić information content (AvgIpc) is 2.85. The molecular weight excluding hydrogens is 262 g/mol. The molecule has 2 N–H and O–H groups in total. The summed E-state index contributed by atoms with van der Waals surface area (Å²) >= 11 is 1.15. The Bertz CT molecular complexity index is 556. The molecule has 0 bridgehead atoms. The molecule has 1 aromatic carbocycles. The summed E-state index contributed by atoms with van der Waals surface area (Å²) in [5, 5.41) is 5.93. The van der Waals surface area contributed by atoms with Crippen molar-refractivity contribution in [3.63, 3.8) is 0 Å². The van der Waals surface area contributed by atoms with Crippen molar-refractivity contribution in [2.75, 3.05) is 39.0 Å². The van der Waals surface area contributed by atoms with E-state index in [0.717, 1.165) is 41.5 Å². The molecule has 1 heterocycles. The topological polar surface area (TPSA) is 70.2 Å². The Hall–Kier alpha value is -1.57. The number of likely N-dealkylation sites (N-methyl/N-ethyl adjacent to an activating group) is 2. The van der Waals surface area contributed by atoms with Gasteiger partial charge in [-0.1, -0.05) is 6.07 Å². The largest absolute Gasteiger partial charge is 0.323 e. The summed E-state index contributed by atoms with van der Waals surface area (Å²) in [5.41, 5.74) is 2.28. The fourth-order valence-corrected chi connectivity index (χ4v) is 2.27. The minimum atomic E-state index is -0.0425. The zero-order chi connectivity index (χ0) is 13.7. The van der Waals surface area contributed by atoms with Crippen molar-refractivity contribution >= 4 is 34.4 Å². The highest BCUT2D eigenvalue weighted by Gasteiger charge is 2.10. The molecule has 2 aromatic rings. The molecule has 19 heavy (non-hydrogen) atoms. The number of carbonyl (C=O) groups excluding carboxylic acids is 1. The lowest BCUT2D eigenvalue weighted by molar-refractivity contribution is -0.117. The SMILES string of the molecule is CNCCN(C)CC(=O)Nc1cccc2nsnc12. The first-order valence-corrected chi connectivity index (χ1v) is 6.78. The van der Waals surface area contributed by atoms with Crippen LogP contribution in [0.2, 0.25) is 0 Å². The van der Waals surface area contributed by atoms with E-state index in [1.165, 1.54) is 0 Å². The monoisotopic (exact) mass is 279 g/mol. The predicted octanol–water partition coefficient (Wildman–Crippen LogP) is 0.781. The quantitative estimate of drug-likeness (QED) is 0.818. The first kappa shape index (κ1) is 13.9. The summed E-state index contributed by atoms with van der Waals surface area (Å²) < 4.78 is 8.34. The number of nitrogens with zero attached hydrogens (tertiary/aromatic N) is 3. The predicted molar refractivity (Wildman–Crippen MR) is 77.5 cm³/mol. The number of anilines is 1. The third kappa shape index (κ3) is 3.69. The molecule has 0 spiro atoms. The van der Waals surface area contributed by atoms with Crippen molar-refractivity contribution in [2.24, 2.45) is 0 Å². The van der Waals surface area contributed by atoms with Gasteiger partial charge in [0.15, 0.2) is 0 Å². The van der Waals surface area contributed by atoms with Crippen molar-refractivity contribution in [3.8, 4) is 0 Å². The van der Waals surface area contributed by atoms with E-state index in [4.69, 9.17) is 0 Å². The molecule has 0 radical (unpaired) electrons. The molecule has 7 heteroatoms. The maximum atomic E-state index is 11.9. The van der Waals surface area contributed by atoms with Crippen molar-refractivity contribution in [1.29, 1.82) is 0 Å². The third-order valence-electron chi connectivity index (χ3n) is 2.72. The van der Waals surface area contributed by atoms with Gasteiger partial charge < -0.3 is 10.6 Å². The number of aromatic nitrogens is 2. The van der Waals surface area contributed by atoms with Crippen molar-refractivity contribution in [3.05, 3.63) is 18.2 Å². The molecule has 0 aliphatic heterocycles. The highest BCUT2D eigenvalue weighted by atomic mass is 32.1. The number of hydrogen-bond donors (Lipinski definition) is 2. The first-order valence-electron chi connectivity index (χ1n) is 6.05. The van der Waals surface area contributed by atoms with Gasteiger partial charge in [0, 0.05) is 13.1 Å². The van der Waals surface area contributed by atoms with Crippen LogP contribution in [0, 0.1) is 0 Å². The van der Waals surface area contributed by atoms with Crippen molar-refractivity contribution in [2.45, 2.75) is 0 Å². The number of rotatable bonds is 6. The van der Waals surface area contributed by atoms with E-state index >= 15 is 0 Å². The minimum absolute atomic E-state index is 0.0425. The number of nitrogens with one attached hydrogen (secondary N) is 2. The van der Waals surface area contributed by atoms with Crippen LogP contribution in [0.5, 0.6) is 0 Å². The molecular formula is C12H17N5OS. The van der Waals surface area contributed by atoms with Gasteiger partial charge in [-0.05, 0) is 26.2 Å². The van der Waals surface area contributed by atoms with Gasteiger partial charge in [-0.3, -0.25) is 9.69 Å². The zero-order valence-electron chi connectivity index (χ0n) is 11.0. The van der Waals surface area contributed by atoms with Crippen LogP contribution in [-0.4, -0.2) is 53.3 Å². The van der Waals surface area contributed by atoms with E-state index in [1.54, 1.807) is 0 Å². The Kier molecular flexibility index (Phi) is 4.78. The lowest BCUT2D eigenvalue weighted by Crippen LogP contribution is -2.34. The van der Waals surface area contributed by atoms with Crippen LogP contribution in [0.25, 0.3) is 11.0 Å². The van der Waals surface area contributed by atoms with Gasteiger partial charge in [-0.25, -0.2) is 0 Å². The highest BCUT2D eigenvalue weighted by molar-refractivity contribution is 7.00. The van der Waals surface area contributed by atoms with Crippen LogP contribution in [0.15, 0.2) is 18.2 Å². The van der Waals surface area contributed by atoms with Gasteiger partial charge in [0.1, 0.15) is 11.0 Å². The normalized spacial score (nSPS) is 11.1. The van der Waals surface area contributed by atoms with E-state index in [-0.39, 0.29) is 5.91 Å². The number of benzene rings is 1. The van der Waals surface area contributed by atoms with E-state index in [2.05, 4.69) is 19.4 Å². The van der Waals surface area contributed by atoms with Crippen LogP contribution >= 0.6 is 11.7 Å². The summed E-state index contributed by atoms with van der Waals surface area (Å²) in [4.78, 5) is 13.9. The Morgan fingerprint density at radius 1 is 1.42 bits per heavy atom. The number of amides is 1. The van der Waals surface area contributed by atoms with Gasteiger partial charge in [-0.2, -0.15) is 8.75 Å². The van der Waals surface area contributed by atoms with Gasteiger partial charge in [0.05, 0.1) is 24.0 Å². The molecule has 1 amide bonds. The molecule has 0 saturated heterocycles. The lowest BCUT2D eigenvalue weighted by Gasteiger charge is -2.15. The van der Waals surface area contributed by atoms with Gasteiger partial charge in [-0.15, -0.1) is 0 Å². The molecule has 0 aliphatic carbocycles. The number of carbonyl (C=O) groups is 1. The Morgan fingerprint density at radius 3 is 3.05 bits per heavy atom. The summed E-state index contributed by atoms with van der Waals surface area (Å²) in [6.07, 6.45) is 0. The molecule has 0 fully saturated rings. The van der Waals surface area contributed by atoms with Crippen molar-refractivity contribution < 1.29 is 4.79 Å². The van der Waals surface area contributed by atoms with E-state index in [9.17, 15) is 4.79 Å². The standard InChI is InChI=1S/C12H17N5OS/c1-13-6-7-17(2)8-11(18)14-9-4-3-5-10-12(9)16-19-15-10/h3-5,13H,6-8H2,1-2H3,(H,14,18). The molecule has 6 nitrogen and oxygen atoms in total. The number of fused-ring (bicyclic) bond motifs is 1. The van der Waals surface area contributed by atoms with Gasteiger partial charge >= 0.3 is 0 Å². The second-order valence-electron chi connectivity index (χ2n) is 4.33. The van der Waals surface area contributed by atoms with Crippen LogP contribution < -0.4 is 10.6 Å². The maximum absolute atomic E-state index is 11.9. The van der Waals surface area contributed by atoms with Crippen LogP contribution in [0.1, 0.15) is 0 Å². The van der Waals surface area contributed by atoms with Gasteiger partial charge in [0.25, 0.3) is 0 Å². The highest BCUT2D eigenvalue weighted by Crippen LogP contribution is 2.20. The molecule has 1 aromatic heterocycles. The molecule has 0 atom stereocenters. The average molecular weight is 279 g/mol.